The molecule has 1 aromatic rings. The van der Waals surface area contributed by atoms with Crippen molar-refractivity contribution in [2.24, 2.45) is 4.40 Å². The van der Waals surface area contributed by atoms with E-state index in [1.165, 1.54) is 0 Å². The van der Waals surface area contributed by atoms with Gasteiger partial charge >= 0.3 is 0 Å². The molecule has 0 fully saturated rings. The van der Waals surface area contributed by atoms with Crippen LogP contribution in [0.15, 0.2) is 52.6 Å². The molecule has 0 radical (unpaired) electrons. The molecule has 27 heavy (non-hydrogen) atoms. The van der Waals surface area contributed by atoms with Gasteiger partial charge in [-0.2, -0.15) is 5.26 Å². The lowest BCUT2D eigenvalue weighted by Crippen LogP contribution is -2.43. The first kappa shape index (κ1) is 18.9. The fourth-order valence-corrected chi connectivity index (χ4v) is 3.97. The normalized spacial score (nSPS) is 17.4. The van der Waals surface area contributed by atoms with E-state index in [0.29, 0.717) is 18.7 Å². The summed E-state index contributed by atoms with van der Waals surface area (Å²) >= 11 is 0. The van der Waals surface area contributed by atoms with Gasteiger partial charge in [0.15, 0.2) is 5.84 Å². The third-order valence-electron chi connectivity index (χ3n) is 4.33. The van der Waals surface area contributed by atoms with Crippen molar-refractivity contribution in [3.8, 4) is 6.07 Å². The maximum Gasteiger partial charge on any atom is 0.257 e. The summed E-state index contributed by atoms with van der Waals surface area (Å²) in [6, 6.07) is 9.14. The summed E-state index contributed by atoms with van der Waals surface area (Å²) in [5.74, 6) is -0.132. The molecule has 0 bridgehead atoms. The summed E-state index contributed by atoms with van der Waals surface area (Å²) in [6.45, 7) is 3.16. The van der Waals surface area contributed by atoms with Gasteiger partial charge in [0.2, 0.25) is 0 Å². The number of nitrogens with zero attached hydrogens (tertiary/aromatic N) is 4. The number of nitriles is 1. The van der Waals surface area contributed by atoms with Gasteiger partial charge in [-0.05, 0) is 36.3 Å². The van der Waals surface area contributed by atoms with Crippen LogP contribution in [0, 0.1) is 11.3 Å². The van der Waals surface area contributed by atoms with E-state index in [1.54, 1.807) is 40.3 Å². The van der Waals surface area contributed by atoms with Crippen LogP contribution in [0.25, 0.3) is 0 Å². The van der Waals surface area contributed by atoms with Gasteiger partial charge in [-0.1, -0.05) is 19.1 Å². The van der Waals surface area contributed by atoms with Crippen LogP contribution in [0.2, 0.25) is 0 Å². The SMILES string of the molecule is CCCN(Cc1ccc(C#N)cc1)C(=O)C1=CC=CN2CCS(=O)(=O)N=C12. The quantitative estimate of drug-likeness (QED) is 0.771. The van der Waals surface area contributed by atoms with Gasteiger partial charge < -0.3 is 9.80 Å². The van der Waals surface area contributed by atoms with Crippen LogP contribution < -0.4 is 0 Å². The molecular weight excluding hydrogens is 364 g/mol. The van der Waals surface area contributed by atoms with E-state index >= 15 is 0 Å². The molecule has 8 heteroatoms. The number of amides is 1. The lowest BCUT2D eigenvalue weighted by atomic mass is 10.1. The first-order valence-corrected chi connectivity index (χ1v) is 10.3. The van der Waals surface area contributed by atoms with Gasteiger partial charge in [0, 0.05) is 25.8 Å². The lowest BCUT2D eigenvalue weighted by Gasteiger charge is -2.31. The zero-order valence-corrected chi connectivity index (χ0v) is 15.8. The molecule has 2 aliphatic rings. The van der Waals surface area contributed by atoms with Crippen molar-refractivity contribution in [3.63, 3.8) is 0 Å². The topological polar surface area (TPSA) is 93.8 Å². The molecular formula is C19H20N4O3S. The molecule has 0 unspecified atom stereocenters. The zero-order chi connectivity index (χ0) is 19.4. The van der Waals surface area contributed by atoms with Crippen molar-refractivity contribution in [1.29, 1.82) is 5.26 Å². The molecule has 0 saturated carbocycles. The summed E-state index contributed by atoms with van der Waals surface area (Å²) in [5, 5.41) is 8.91. The molecule has 0 N–H and O–H groups in total. The van der Waals surface area contributed by atoms with Crippen LogP contribution in [0.3, 0.4) is 0 Å². The molecule has 3 rings (SSSR count). The van der Waals surface area contributed by atoms with E-state index < -0.39 is 10.0 Å². The van der Waals surface area contributed by atoms with Gasteiger partial charge in [-0.15, -0.1) is 4.40 Å². The molecule has 7 nitrogen and oxygen atoms in total. The van der Waals surface area contributed by atoms with Crippen molar-refractivity contribution in [1.82, 2.24) is 9.80 Å². The standard InChI is InChI=1S/C19H20N4O3S/c1-2-9-23(14-16-7-5-15(13-20)6-8-16)19(24)17-4-3-10-22-11-12-27(25,26)21-18(17)22/h3-8,10H,2,9,11-12,14H2,1H3. The second-order valence-corrected chi connectivity index (χ2v) is 8.11. The van der Waals surface area contributed by atoms with E-state index in [1.807, 2.05) is 19.1 Å². The van der Waals surface area contributed by atoms with Crippen molar-refractivity contribution >= 4 is 21.8 Å². The van der Waals surface area contributed by atoms with Crippen LogP contribution in [-0.4, -0.2) is 48.8 Å². The van der Waals surface area contributed by atoms with Crippen molar-refractivity contribution < 1.29 is 13.2 Å². The molecule has 2 heterocycles. The molecule has 0 aromatic heterocycles. The Labute approximate surface area is 159 Å². The Balaban J connectivity index is 1.87. The number of hydrogen-bond acceptors (Lipinski definition) is 5. The molecule has 0 spiro atoms. The van der Waals surface area contributed by atoms with E-state index in [-0.39, 0.29) is 29.6 Å². The smallest absolute Gasteiger partial charge is 0.257 e. The highest BCUT2D eigenvalue weighted by atomic mass is 32.2. The number of amidine groups is 1. The summed E-state index contributed by atoms with van der Waals surface area (Å²) in [4.78, 5) is 16.5. The highest BCUT2D eigenvalue weighted by molar-refractivity contribution is 7.90. The first-order valence-electron chi connectivity index (χ1n) is 8.70. The number of carbonyl (C=O) groups is 1. The van der Waals surface area contributed by atoms with Gasteiger partial charge in [-0.25, -0.2) is 8.42 Å². The van der Waals surface area contributed by atoms with E-state index in [0.717, 1.165) is 12.0 Å². The number of rotatable bonds is 5. The summed E-state index contributed by atoms with van der Waals surface area (Å²) in [5.41, 5.74) is 1.74. The Morgan fingerprint density at radius 1 is 1.33 bits per heavy atom. The Morgan fingerprint density at radius 2 is 2.07 bits per heavy atom. The maximum absolute atomic E-state index is 13.2. The summed E-state index contributed by atoms with van der Waals surface area (Å²) < 4.78 is 27.6. The van der Waals surface area contributed by atoms with Gasteiger partial charge in [0.05, 0.1) is 23.0 Å². The zero-order valence-electron chi connectivity index (χ0n) is 15.0. The average Bonchev–Trinajstić information content (AvgIpc) is 2.66. The fraction of sp³-hybridized carbons (Fsp3) is 0.316. The molecule has 140 valence electrons. The van der Waals surface area contributed by atoms with E-state index in [2.05, 4.69) is 10.5 Å². The van der Waals surface area contributed by atoms with Crippen molar-refractivity contribution in [2.75, 3.05) is 18.8 Å². The average molecular weight is 384 g/mol. The first-order chi connectivity index (χ1) is 12.9. The predicted octanol–water partition coefficient (Wildman–Crippen LogP) is 1.79. The molecule has 1 amide bonds. The number of sulfonamides is 1. The Bertz CT molecular complexity index is 969. The van der Waals surface area contributed by atoms with Gasteiger partial charge in [0.25, 0.3) is 15.9 Å². The number of allylic oxidation sites excluding steroid dienone is 2. The summed E-state index contributed by atoms with van der Waals surface area (Å²) in [6.07, 6.45) is 5.84. The van der Waals surface area contributed by atoms with Crippen LogP contribution in [0.5, 0.6) is 0 Å². The molecule has 1 aromatic carbocycles. The van der Waals surface area contributed by atoms with E-state index in [4.69, 9.17) is 5.26 Å². The number of benzene rings is 1. The van der Waals surface area contributed by atoms with Gasteiger partial charge in [0.1, 0.15) is 0 Å². The fourth-order valence-electron chi connectivity index (χ4n) is 2.98. The third kappa shape index (κ3) is 4.26. The minimum Gasteiger partial charge on any atom is -0.334 e. The van der Waals surface area contributed by atoms with Crippen LogP contribution in [0.4, 0.5) is 0 Å². The largest absolute Gasteiger partial charge is 0.334 e. The van der Waals surface area contributed by atoms with Crippen LogP contribution in [0.1, 0.15) is 24.5 Å². The second-order valence-electron chi connectivity index (χ2n) is 6.35. The second kappa shape index (κ2) is 7.76. The monoisotopic (exact) mass is 384 g/mol. The lowest BCUT2D eigenvalue weighted by molar-refractivity contribution is -0.127. The number of fused-ring (bicyclic) bond motifs is 1. The molecule has 2 aliphatic heterocycles. The minimum atomic E-state index is -3.55. The Morgan fingerprint density at radius 3 is 2.74 bits per heavy atom. The Hall–Kier alpha value is -2.92. The number of carbonyl (C=O) groups excluding carboxylic acids is 1. The van der Waals surface area contributed by atoms with Crippen molar-refractivity contribution in [3.05, 3.63) is 59.3 Å². The highest BCUT2D eigenvalue weighted by Gasteiger charge is 2.31. The molecule has 0 atom stereocenters. The highest BCUT2D eigenvalue weighted by Crippen LogP contribution is 2.20. The van der Waals surface area contributed by atoms with Gasteiger partial charge in [-0.3, -0.25) is 4.79 Å². The van der Waals surface area contributed by atoms with Crippen LogP contribution in [-0.2, 0) is 21.4 Å². The Kier molecular flexibility index (Phi) is 5.42. The maximum atomic E-state index is 13.2. The summed E-state index contributed by atoms with van der Waals surface area (Å²) in [7, 11) is -3.55. The van der Waals surface area contributed by atoms with Crippen molar-refractivity contribution in [2.45, 2.75) is 19.9 Å². The third-order valence-corrected chi connectivity index (χ3v) is 5.47. The van der Waals surface area contributed by atoms with E-state index in [9.17, 15) is 13.2 Å². The molecule has 0 aliphatic carbocycles. The minimum absolute atomic E-state index is 0.0633. The predicted molar refractivity (Wildman–Crippen MR) is 102 cm³/mol. The molecule has 0 saturated heterocycles. The number of hydrogen-bond donors (Lipinski definition) is 0. The van der Waals surface area contributed by atoms with Crippen LogP contribution >= 0.6 is 0 Å².